The summed E-state index contributed by atoms with van der Waals surface area (Å²) >= 11 is 0. The summed E-state index contributed by atoms with van der Waals surface area (Å²) in [5, 5.41) is 0. The highest BCUT2D eigenvalue weighted by atomic mass is 16.6. The fourth-order valence-electron chi connectivity index (χ4n) is 4.66. The molecule has 4 aromatic rings. The number of ether oxygens (including phenoxy) is 5. The fourth-order valence-corrected chi connectivity index (χ4v) is 4.66. The van der Waals surface area contributed by atoms with E-state index in [2.05, 4.69) is 9.97 Å². The molecule has 5 rings (SSSR count). The Hall–Kier alpha value is -3.82. The fraction of sp³-hybridized carbons (Fsp3) is 0.312. The van der Waals surface area contributed by atoms with Gasteiger partial charge in [-0.1, -0.05) is 91.0 Å². The molecule has 0 radical (unpaired) electrons. The number of carbonyl (C=O) groups is 1. The van der Waals surface area contributed by atoms with Crippen molar-refractivity contribution in [2.24, 2.45) is 0 Å². The number of aromatic nitrogens is 2. The Morgan fingerprint density at radius 2 is 1.35 bits per heavy atom. The van der Waals surface area contributed by atoms with Crippen LogP contribution in [0.4, 0.5) is 0 Å². The van der Waals surface area contributed by atoms with Crippen LogP contribution >= 0.6 is 0 Å². The number of hydrogen-bond acceptors (Lipinski definition) is 7. The molecule has 0 aliphatic carbocycles. The maximum absolute atomic E-state index is 12.3. The second-order valence-electron chi connectivity index (χ2n) is 9.52. The van der Waals surface area contributed by atoms with E-state index in [1.54, 1.807) is 6.92 Å². The monoisotopic (exact) mass is 542 g/mol. The molecule has 0 amide bonds. The van der Waals surface area contributed by atoms with Gasteiger partial charge in [0.1, 0.15) is 35.9 Å². The van der Waals surface area contributed by atoms with Gasteiger partial charge in [0, 0.05) is 0 Å². The van der Waals surface area contributed by atoms with Crippen LogP contribution in [0.25, 0.3) is 0 Å². The Morgan fingerprint density at radius 3 is 1.93 bits per heavy atom. The average molecular weight is 543 g/mol. The van der Waals surface area contributed by atoms with Gasteiger partial charge >= 0.3 is 5.97 Å². The number of esters is 1. The van der Waals surface area contributed by atoms with Gasteiger partial charge in [0.25, 0.3) is 0 Å². The van der Waals surface area contributed by atoms with Gasteiger partial charge in [-0.15, -0.1) is 0 Å². The van der Waals surface area contributed by atoms with E-state index in [4.69, 9.17) is 23.7 Å². The number of nitrogens with one attached hydrogen (secondary N) is 1. The predicted molar refractivity (Wildman–Crippen MR) is 148 cm³/mol. The number of nitrogens with zero attached hydrogens (tertiary/aromatic N) is 1. The zero-order chi connectivity index (χ0) is 27.6. The van der Waals surface area contributed by atoms with Crippen molar-refractivity contribution in [3.05, 3.63) is 125 Å². The van der Waals surface area contributed by atoms with Crippen molar-refractivity contribution in [3.63, 3.8) is 0 Å². The van der Waals surface area contributed by atoms with Gasteiger partial charge in [0.2, 0.25) is 0 Å². The van der Waals surface area contributed by atoms with Gasteiger partial charge in [-0.05, 0) is 23.6 Å². The maximum Gasteiger partial charge on any atom is 0.356 e. The summed E-state index contributed by atoms with van der Waals surface area (Å²) in [6, 6.07) is 29.9. The predicted octanol–water partition coefficient (Wildman–Crippen LogP) is 5.41. The summed E-state index contributed by atoms with van der Waals surface area (Å²) in [6.45, 7) is 3.51. The first-order valence-electron chi connectivity index (χ1n) is 13.5. The first kappa shape index (κ1) is 27.7. The number of rotatable bonds is 13. The summed E-state index contributed by atoms with van der Waals surface area (Å²) in [5.41, 5.74) is 3.39. The molecule has 1 N–H and O–H groups in total. The molecule has 208 valence electrons. The van der Waals surface area contributed by atoms with Crippen molar-refractivity contribution in [2.75, 3.05) is 13.2 Å². The molecule has 0 unspecified atom stereocenters. The topological polar surface area (TPSA) is 91.9 Å². The average Bonchev–Trinajstić information content (AvgIpc) is 3.62. The number of carbonyl (C=O) groups excluding carboxylic acids is 1. The van der Waals surface area contributed by atoms with Crippen LogP contribution in [0.1, 0.15) is 46.0 Å². The molecule has 1 aliphatic heterocycles. The summed E-state index contributed by atoms with van der Waals surface area (Å²) < 4.78 is 30.7. The van der Waals surface area contributed by atoms with Crippen molar-refractivity contribution >= 4 is 5.97 Å². The Morgan fingerprint density at radius 1 is 0.800 bits per heavy atom. The molecule has 0 spiro atoms. The number of aromatic amines is 1. The lowest BCUT2D eigenvalue weighted by Crippen LogP contribution is -2.38. The Balaban J connectivity index is 1.38. The Kier molecular flexibility index (Phi) is 9.71. The Labute approximate surface area is 234 Å². The molecule has 2 heterocycles. The summed E-state index contributed by atoms with van der Waals surface area (Å²) in [5.74, 6) is 0.000563. The van der Waals surface area contributed by atoms with Crippen LogP contribution in [0, 0.1) is 0 Å². The second-order valence-corrected chi connectivity index (χ2v) is 9.52. The van der Waals surface area contributed by atoms with E-state index in [1.807, 2.05) is 91.0 Å². The zero-order valence-corrected chi connectivity index (χ0v) is 22.5. The SMILES string of the molecule is CCOC(=O)c1cnc([C@@H]2O[C@H](COCc3ccccc3)[C@@H](OCc3ccccc3)[C@H]2OCc2ccccc2)[nH]1. The van der Waals surface area contributed by atoms with Crippen molar-refractivity contribution in [2.45, 2.75) is 51.2 Å². The molecule has 3 aromatic carbocycles. The Bertz CT molecular complexity index is 1320. The molecule has 0 saturated carbocycles. The quantitative estimate of drug-likeness (QED) is 0.226. The summed E-state index contributed by atoms with van der Waals surface area (Å²) in [4.78, 5) is 19.9. The second kappa shape index (κ2) is 14.0. The minimum absolute atomic E-state index is 0.257. The van der Waals surface area contributed by atoms with Crippen LogP contribution in [-0.4, -0.2) is 47.5 Å². The normalized spacial score (nSPS) is 20.4. The first-order valence-corrected chi connectivity index (χ1v) is 13.5. The molecule has 1 saturated heterocycles. The van der Waals surface area contributed by atoms with Crippen LogP contribution in [0.5, 0.6) is 0 Å². The number of H-pyrrole nitrogens is 1. The molecule has 8 nitrogen and oxygen atoms in total. The highest BCUT2D eigenvalue weighted by Gasteiger charge is 2.48. The van der Waals surface area contributed by atoms with Gasteiger partial charge in [-0.25, -0.2) is 9.78 Å². The third-order valence-electron chi connectivity index (χ3n) is 6.63. The molecular weight excluding hydrogens is 508 g/mol. The van der Waals surface area contributed by atoms with Crippen molar-refractivity contribution in [1.82, 2.24) is 9.97 Å². The largest absolute Gasteiger partial charge is 0.461 e. The van der Waals surface area contributed by atoms with Crippen LogP contribution in [-0.2, 0) is 43.5 Å². The molecule has 40 heavy (non-hydrogen) atoms. The molecular formula is C32H34N2O6. The summed E-state index contributed by atoms with van der Waals surface area (Å²) in [6.07, 6.45) is -0.562. The number of benzene rings is 3. The van der Waals surface area contributed by atoms with Crippen LogP contribution in [0.15, 0.2) is 97.2 Å². The highest BCUT2D eigenvalue weighted by molar-refractivity contribution is 5.87. The van der Waals surface area contributed by atoms with Crippen LogP contribution in [0.3, 0.4) is 0 Å². The minimum atomic E-state index is -0.613. The zero-order valence-electron chi connectivity index (χ0n) is 22.5. The maximum atomic E-state index is 12.3. The van der Waals surface area contributed by atoms with E-state index in [0.717, 1.165) is 16.7 Å². The van der Waals surface area contributed by atoms with Crippen LogP contribution in [0.2, 0.25) is 0 Å². The van der Waals surface area contributed by atoms with Gasteiger partial charge in [-0.3, -0.25) is 0 Å². The van der Waals surface area contributed by atoms with E-state index >= 15 is 0 Å². The highest BCUT2D eigenvalue weighted by Crippen LogP contribution is 2.37. The van der Waals surface area contributed by atoms with Gasteiger partial charge in [0.05, 0.1) is 39.2 Å². The van der Waals surface area contributed by atoms with Crippen molar-refractivity contribution in [1.29, 1.82) is 0 Å². The van der Waals surface area contributed by atoms with Crippen molar-refractivity contribution in [3.8, 4) is 0 Å². The molecule has 8 heteroatoms. The smallest absolute Gasteiger partial charge is 0.356 e. The standard InChI is InChI=1S/C32H34N2O6/c1-2-37-32(35)26-18-33-31(34-26)30-29(39-21-25-16-10-5-11-17-25)28(38-20-24-14-8-4-9-15-24)27(40-30)22-36-19-23-12-6-3-7-13-23/h3-18,27-30H,2,19-22H2,1H3,(H,33,34)/t27-,28-,29-,30-/m1/s1. The minimum Gasteiger partial charge on any atom is -0.461 e. The van der Waals surface area contributed by atoms with Crippen molar-refractivity contribution < 1.29 is 28.5 Å². The first-order chi connectivity index (χ1) is 19.7. The molecule has 0 bridgehead atoms. The van der Waals surface area contributed by atoms with E-state index in [9.17, 15) is 4.79 Å². The third-order valence-corrected chi connectivity index (χ3v) is 6.63. The molecule has 1 fully saturated rings. The number of imidazole rings is 1. The van der Waals surface area contributed by atoms with E-state index in [0.29, 0.717) is 32.3 Å². The van der Waals surface area contributed by atoms with Crippen LogP contribution < -0.4 is 0 Å². The summed E-state index contributed by atoms with van der Waals surface area (Å²) in [7, 11) is 0. The van der Waals surface area contributed by atoms with Gasteiger partial charge < -0.3 is 28.7 Å². The number of hydrogen-bond donors (Lipinski definition) is 1. The lowest BCUT2D eigenvalue weighted by molar-refractivity contribution is -0.0899. The van der Waals surface area contributed by atoms with E-state index in [-0.39, 0.29) is 12.3 Å². The lowest BCUT2D eigenvalue weighted by atomic mass is 10.1. The van der Waals surface area contributed by atoms with Gasteiger partial charge in [-0.2, -0.15) is 0 Å². The third kappa shape index (κ3) is 7.22. The lowest BCUT2D eigenvalue weighted by Gasteiger charge is -2.25. The van der Waals surface area contributed by atoms with E-state index < -0.39 is 30.4 Å². The van der Waals surface area contributed by atoms with Gasteiger partial charge in [0.15, 0.2) is 0 Å². The molecule has 1 aromatic heterocycles. The molecule has 1 aliphatic rings. The molecule has 4 atom stereocenters. The van der Waals surface area contributed by atoms with E-state index in [1.165, 1.54) is 6.20 Å².